The predicted octanol–water partition coefficient (Wildman–Crippen LogP) is 3.84. The molecule has 6 nitrogen and oxygen atoms in total. The normalized spacial score (nSPS) is 18.4. The molecule has 1 saturated heterocycles. The van der Waals surface area contributed by atoms with Gasteiger partial charge in [0, 0.05) is 43.2 Å². The highest BCUT2D eigenvalue weighted by atomic mass is 32.1. The van der Waals surface area contributed by atoms with Crippen molar-refractivity contribution in [3.63, 3.8) is 0 Å². The fourth-order valence-corrected chi connectivity index (χ4v) is 4.23. The molecule has 1 aliphatic rings. The molecule has 148 valence electrons. The zero-order valence-electron chi connectivity index (χ0n) is 16.2. The number of nitrogens with zero attached hydrogens (tertiary/aromatic N) is 5. The van der Waals surface area contributed by atoms with Crippen molar-refractivity contribution in [3.8, 4) is 5.82 Å². The van der Waals surface area contributed by atoms with Crippen molar-refractivity contribution >= 4 is 17.3 Å². The molecular weight excluding hydrogens is 392 g/mol. The minimum Gasteiger partial charge on any atom is -0.352 e. The van der Waals surface area contributed by atoms with Crippen molar-refractivity contribution in [1.82, 2.24) is 29.7 Å². The van der Waals surface area contributed by atoms with Gasteiger partial charge in [-0.25, -0.2) is 4.98 Å². The Bertz CT molecular complexity index is 1130. The molecular formula is C23H20N6S. The van der Waals surface area contributed by atoms with E-state index in [0.717, 1.165) is 22.8 Å². The highest BCUT2D eigenvalue weighted by molar-refractivity contribution is 7.80. The van der Waals surface area contributed by atoms with E-state index in [1.54, 1.807) is 12.4 Å². The van der Waals surface area contributed by atoms with Gasteiger partial charge in [0.2, 0.25) is 0 Å². The Morgan fingerprint density at radius 1 is 0.900 bits per heavy atom. The summed E-state index contributed by atoms with van der Waals surface area (Å²) >= 11 is 5.77. The molecule has 0 amide bonds. The van der Waals surface area contributed by atoms with Crippen LogP contribution in [0.1, 0.15) is 29.0 Å². The van der Waals surface area contributed by atoms with Gasteiger partial charge in [-0.1, -0.05) is 18.2 Å². The van der Waals surface area contributed by atoms with Crippen LogP contribution in [0.3, 0.4) is 0 Å². The van der Waals surface area contributed by atoms with E-state index in [-0.39, 0.29) is 12.1 Å². The van der Waals surface area contributed by atoms with Crippen molar-refractivity contribution in [2.45, 2.75) is 18.6 Å². The van der Waals surface area contributed by atoms with Crippen LogP contribution in [0.4, 0.5) is 0 Å². The molecule has 2 atom stereocenters. The van der Waals surface area contributed by atoms with E-state index >= 15 is 0 Å². The quantitative estimate of drug-likeness (QED) is 0.503. The average Bonchev–Trinajstić information content (AvgIpc) is 3.40. The standard InChI is InChI=1S/C23H20N6S/c30-23-27-21(18-8-1-3-12-25-18)22(29(23)16-17-7-5-11-24-15-17)19-9-6-14-28(19)20-10-2-4-13-26-20/h1-15,21-22H,16H2,(H,27,30)/t21-,22-/m1/s1. The summed E-state index contributed by atoms with van der Waals surface area (Å²) in [7, 11) is 0. The van der Waals surface area contributed by atoms with E-state index in [9.17, 15) is 0 Å². The topological polar surface area (TPSA) is 58.9 Å². The Kier molecular flexibility index (Phi) is 4.94. The van der Waals surface area contributed by atoms with Gasteiger partial charge in [-0.2, -0.15) is 0 Å². The lowest BCUT2D eigenvalue weighted by Crippen LogP contribution is -2.30. The van der Waals surface area contributed by atoms with Crippen LogP contribution in [0.15, 0.2) is 91.6 Å². The zero-order valence-corrected chi connectivity index (χ0v) is 17.0. The van der Waals surface area contributed by atoms with E-state index in [1.807, 2.05) is 67.1 Å². The Morgan fingerprint density at radius 2 is 1.77 bits per heavy atom. The monoisotopic (exact) mass is 412 g/mol. The number of hydrogen-bond donors (Lipinski definition) is 1. The molecule has 0 unspecified atom stereocenters. The molecule has 7 heteroatoms. The summed E-state index contributed by atoms with van der Waals surface area (Å²) in [4.78, 5) is 15.6. The molecule has 4 aromatic heterocycles. The highest BCUT2D eigenvalue weighted by Crippen LogP contribution is 2.40. The highest BCUT2D eigenvalue weighted by Gasteiger charge is 2.41. The predicted molar refractivity (Wildman–Crippen MR) is 119 cm³/mol. The van der Waals surface area contributed by atoms with Crippen LogP contribution < -0.4 is 5.32 Å². The van der Waals surface area contributed by atoms with Crippen LogP contribution >= 0.6 is 12.2 Å². The molecule has 0 saturated carbocycles. The first-order chi connectivity index (χ1) is 14.8. The van der Waals surface area contributed by atoms with Crippen LogP contribution in [-0.2, 0) is 6.54 Å². The van der Waals surface area contributed by atoms with Crippen molar-refractivity contribution in [2.75, 3.05) is 0 Å². The number of nitrogens with one attached hydrogen (secondary N) is 1. The summed E-state index contributed by atoms with van der Waals surface area (Å²) in [6.45, 7) is 0.654. The maximum absolute atomic E-state index is 5.77. The number of hydrogen-bond acceptors (Lipinski definition) is 4. The molecule has 4 aromatic rings. The third-order valence-electron chi connectivity index (χ3n) is 5.25. The third-order valence-corrected chi connectivity index (χ3v) is 5.61. The van der Waals surface area contributed by atoms with E-state index < -0.39 is 0 Å². The minimum atomic E-state index is -0.0762. The molecule has 0 spiro atoms. The van der Waals surface area contributed by atoms with E-state index in [2.05, 4.69) is 41.9 Å². The molecule has 5 heterocycles. The van der Waals surface area contributed by atoms with E-state index in [4.69, 9.17) is 12.2 Å². The summed E-state index contributed by atoms with van der Waals surface area (Å²) in [5.41, 5.74) is 3.15. The number of rotatable bonds is 5. The Morgan fingerprint density at radius 3 is 2.50 bits per heavy atom. The van der Waals surface area contributed by atoms with Gasteiger partial charge in [-0.15, -0.1) is 0 Å². The SMILES string of the molecule is S=C1N[C@H](c2ccccn2)[C@@H](c2cccn2-c2ccccn2)N1Cc1cccnc1. The van der Waals surface area contributed by atoms with E-state index in [1.165, 1.54) is 0 Å². The fourth-order valence-electron chi connectivity index (χ4n) is 3.93. The smallest absolute Gasteiger partial charge is 0.170 e. The average molecular weight is 413 g/mol. The van der Waals surface area contributed by atoms with Crippen LogP contribution in [0, 0.1) is 0 Å². The van der Waals surface area contributed by atoms with Gasteiger partial charge in [0.1, 0.15) is 5.82 Å². The maximum Gasteiger partial charge on any atom is 0.170 e. The number of aromatic nitrogens is 4. The van der Waals surface area contributed by atoms with Crippen LogP contribution in [0.5, 0.6) is 0 Å². The molecule has 0 aliphatic carbocycles. The largest absolute Gasteiger partial charge is 0.352 e. The molecule has 0 radical (unpaired) electrons. The first-order valence-corrected chi connectivity index (χ1v) is 10.2. The molecule has 5 rings (SSSR count). The fraction of sp³-hybridized carbons (Fsp3) is 0.130. The first-order valence-electron chi connectivity index (χ1n) is 9.77. The van der Waals surface area contributed by atoms with Gasteiger partial charge >= 0.3 is 0 Å². The van der Waals surface area contributed by atoms with Gasteiger partial charge in [0.15, 0.2) is 5.11 Å². The van der Waals surface area contributed by atoms with Crippen molar-refractivity contribution in [1.29, 1.82) is 0 Å². The molecule has 1 N–H and O–H groups in total. The molecule has 0 bridgehead atoms. The lowest BCUT2D eigenvalue weighted by atomic mass is 10.0. The summed E-state index contributed by atoms with van der Waals surface area (Å²) in [5, 5.41) is 4.20. The summed E-state index contributed by atoms with van der Waals surface area (Å²) < 4.78 is 2.12. The molecule has 30 heavy (non-hydrogen) atoms. The number of pyridine rings is 3. The minimum absolute atomic E-state index is 0.0513. The Hall–Kier alpha value is -3.58. The summed E-state index contributed by atoms with van der Waals surface area (Å²) in [5.74, 6) is 0.872. The van der Waals surface area contributed by atoms with Gasteiger partial charge in [0.25, 0.3) is 0 Å². The van der Waals surface area contributed by atoms with Gasteiger partial charge in [-0.05, 0) is 60.2 Å². The lowest BCUT2D eigenvalue weighted by molar-refractivity contribution is 0.302. The zero-order chi connectivity index (χ0) is 20.3. The van der Waals surface area contributed by atoms with Crippen LogP contribution in [-0.4, -0.2) is 29.5 Å². The van der Waals surface area contributed by atoms with Gasteiger partial charge in [-0.3, -0.25) is 9.97 Å². The summed E-state index contributed by atoms with van der Waals surface area (Å²) in [6.07, 6.45) is 9.33. The second-order valence-corrected chi connectivity index (χ2v) is 7.49. The second-order valence-electron chi connectivity index (χ2n) is 7.11. The van der Waals surface area contributed by atoms with Gasteiger partial charge in [0.05, 0.1) is 17.8 Å². The molecule has 1 fully saturated rings. The number of thiocarbonyl (C=S) groups is 1. The Balaban J connectivity index is 1.60. The van der Waals surface area contributed by atoms with E-state index in [0.29, 0.717) is 11.7 Å². The lowest BCUT2D eigenvalue weighted by Gasteiger charge is -2.28. The summed E-state index contributed by atoms with van der Waals surface area (Å²) in [6, 6.07) is 19.9. The molecule has 0 aromatic carbocycles. The second kappa shape index (κ2) is 8.04. The van der Waals surface area contributed by atoms with Crippen molar-refractivity contribution < 1.29 is 0 Å². The van der Waals surface area contributed by atoms with Crippen molar-refractivity contribution in [2.24, 2.45) is 0 Å². The van der Waals surface area contributed by atoms with Gasteiger partial charge < -0.3 is 14.8 Å². The van der Waals surface area contributed by atoms with Crippen LogP contribution in [0.2, 0.25) is 0 Å². The first kappa shape index (κ1) is 18.4. The molecule has 1 aliphatic heterocycles. The van der Waals surface area contributed by atoms with Crippen molar-refractivity contribution in [3.05, 3.63) is 109 Å². The Labute approximate surface area is 180 Å². The maximum atomic E-state index is 5.77. The van der Waals surface area contributed by atoms with Crippen LogP contribution in [0.25, 0.3) is 5.82 Å². The third kappa shape index (κ3) is 3.44.